The fourth-order valence-corrected chi connectivity index (χ4v) is 4.79. The maximum Gasteiger partial charge on any atom is 0.361 e. The minimum Gasteiger partial charge on any atom is -0.486 e. The zero-order valence-electron chi connectivity index (χ0n) is 17.1. The number of ether oxygens (including phenoxy) is 2. The Labute approximate surface area is 173 Å². The predicted molar refractivity (Wildman–Crippen MR) is 114 cm³/mol. The van der Waals surface area contributed by atoms with Crippen molar-refractivity contribution in [2.24, 2.45) is 0 Å². The standard InChI is InChI=1S/C22H30NO5P/c1-3-26-29(24,27-4-2)20-11-9-18(10-12-20)17-25-21-7-5-6-8-22(21)28-19-13-15-23-16-14-19/h5-12,19,23H,3-4,13-17H2,1-2H3. The summed E-state index contributed by atoms with van der Waals surface area (Å²) in [6.45, 7) is 6.61. The van der Waals surface area contributed by atoms with Crippen molar-refractivity contribution in [3.63, 3.8) is 0 Å². The summed E-state index contributed by atoms with van der Waals surface area (Å²) in [6, 6.07) is 15.1. The summed E-state index contributed by atoms with van der Waals surface area (Å²) in [5, 5.41) is 3.90. The normalized spacial score (nSPS) is 15.2. The number of piperidine rings is 1. The Balaban J connectivity index is 1.64. The molecule has 0 amide bonds. The summed E-state index contributed by atoms with van der Waals surface area (Å²) < 4.78 is 35.8. The van der Waals surface area contributed by atoms with Crippen molar-refractivity contribution in [2.75, 3.05) is 26.3 Å². The zero-order valence-corrected chi connectivity index (χ0v) is 18.0. The highest BCUT2D eigenvalue weighted by molar-refractivity contribution is 7.62. The average molecular weight is 419 g/mol. The predicted octanol–water partition coefficient (Wildman–Crippen LogP) is 4.29. The fourth-order valence-electron chi connectivity index (χ4n) is 3.22. The first-order valence-corrected chi connectivity index (χ1v) is 11.8. The first-order chi connectivity index (χ1) is 14.1. The topological polar surface area (TPSA) is 66.0 Å². The van der Waals surface area contributed by atoms with E-state index in [1.54, 1.807) is 26.0 Å². The summed E-state index contributed by atoms with van der Waals surface area (Å²) in [4.78, 5) is 0. The molecular weight excluding hydrogens is 389 g/mol. The Bertz CT molecular complexity index is 795. The van der Waals surface area contributed by atoms with Gasteiger partial charge in [0.05, 0.1) is 18.5 Å². The monoisotopic (exact) mass is 419 g/mol. The molecule has 0 spiro atoms. The van der Waals surface area contributed by atoms with E-state index in [1.165, 1.54) is 0 Å². The molecule has 0 aromatic heterocycles. The van der Waals surface area contributed by atoms with Gasteiger partial charge in [0.1, 0.15) is 12.7 Å². The zero-order chi connectivity index (χ0) is 20.5. The molecule has 158 valence electrons. The van der Waals surface area contributed by atoms with E-state index < -0.39 is 7.60 Å². The molecule has 0 radical (unpaired) electrons. The summed E-state index contributed by atoms with van der Waals surface area (Å²) in [7, 11) is -3.26. The van der Waals surface area contributed by atoms with Crippen LogP contribution in [0.2, 0.25) is 0 Å². The molecule has 0 unspecified atom stereocenters. The van der Waals surface area contributed by atoms with Crippen LogP contribution in [-0.2, 0) is 20.2 Å². The van der Waals surface area contributed by atoms with Crippen LogP contribution in [0.3, 0.4) is 0 Å². The van der Waals surface area contributed by atoms with Crippen molar-refractivity contribution in [3.8, 4) is 11.5 Å². The van der Waals surface area contributed by atoms with Crippen molar-refractivity contribution in [1.29, 1.82) is 0 Å². The Morgan fingerprint density at radius 1 is 0.931 bits per heavy atom. The highest BCUT2D eigenvalue weighted by Crippen LogP contribution is 2.46. The summed E-state index contributed by atoms with van der Waals surface area (Å²) in [6.07, 6.45) is 2.21. The number of nitrogens with one attached hydrogen (secondary N) is 1. The molecule has 1 saturated heterocycles. The molecule has 1 heterocycles. The van der Waals surface area contributed by atoms with Gasteiger partial charge in [0.25, 0.3) is 0 Å². The number of hydrogen-bond acceptors (Lipinski definition) is 6. The molecule has 3 rings (SSSR count). The molecule has 29 heavy (non-hydrogen) atoms. The van der Waals surface area contributed by atoms with Gasteiger partial charge in [-0.1, -0.05) is 24.3 Å². The van der Waals surface area contributed by atoms with Gasteiger partial charge >= 0.3 is 7.60 Å². The maximum absolute atomic E-state index is 12.8. The minimum absolute atomic E-state index is 0.214. The van der Waals surface area contributed by atoms with Crippen molar-refractivity contribution >= 4 is 12.9 Å². The Morgan fingerprint density at radius 3 is 2.17 bits per heavy atom. The van der Waals surface area contributed by atoms with Crippen molar-refractivity contribution in [3.05, 3.63) is 54.1 Å². The second-order valence-corrected chi connectivity index (χ2v) is 8.83. The molecule has 2 aromatic carbocycles. The number of hydrogen-bond donors (Lipinski definition) is 1. The fraction of sp³-hybridized carbons (Fsp3) is 0.455. The molecule has 1 aliphatic heterocycles. The SMILES string of the molecule is CCOP(=O)(OCC)c1ccc(COc2ccccc2OC2CCNCC2)cc1. The third kappa shape index (κ3) is 6.06. The molecule has 6 nitrogen and oxygen atoms in total. The van der Waals surface area contributed by atoms with Crippen LogP contribution >= 0.6 is 7.60 Å². The lowest BCUT2D eigenvalue weighted by Crippen LogP contribution is -2.34. The molecule has 2 aromatic rings. The van der Waals surface area contributed by atoms with E-state index in [4.69, 9.17) is 18.5 Å². The van der Waals surface area contributed by atoms with Gasteiger partial charge in [-0.25, -0.2) is 0 Å². The van der Waals surface area contributed by atoms with Crippen LogP contribution in [0.4, 0.5) is 0 Å². The Kier molecular flexibility index (Phi) is 8.13. The number of para-hydroxylation sites is 2. The lowest BCUT2D eigenvalue weighted by atomic mass is 10.1. The quantitative estimate of drug-likeness (QED) is 0.580. The van der Waals surface area contributed by atoms with Gasteiger partial charge in [-0.15, -0.1) is 0 Å². The van der Waals surface area contributed by atoms with E-state index >= 15 is 0 Å². The molecule has 1 aliphatic rings. The van der Waals surface area contributed by atoms with Crippen LogP contribution in [0.1, 0.15) is 32.3 Å². The van der Waals surface area contributed by atoms with E-state index in [1.807, 2.05) is 36.4 Å². The minimum atomic E-state index is -3.26. The summed E-state index contributed by atoms with van der Waals surface area (Å²) in [5.74, 6) is 1.50. The first kappa shape index (κ1) is 21.8. The largest absolute Gasteiger partial charge is 0.486 e. The van der Waals surface area contributed by atoms with Gasteiger partial charge in [0, 0.05) is 0 Å². The molecule has 0 saturated carbocycles. The third-order valence-electron chi connectivity index (χ3n) is 4.67. The van der Waals surface area contributed by atoms with Crippen LogP contribution < -0.4 is 20.1 Å². The van der Waals surface area contributed by atoms with Gasteiger partial charge in [-0.2, -0.15) is 0 Å². The van der Waals surface area contributed by atoms with Gasteiger partial charge in [-0.05, 0) is 69.6 Å². The van der Waals surface area contributed by atoms with Crippen LogP contribution in [-0.4, -0.2) is 32.4 Å². The third-order valence-corrected chi connectivity index (χ3v) is 6.80. The molecule has 1 fully saturated rings. The number of rotatable bonds is 10. The van der Waals surface area contributed by atoms with E-state index in [9.17, 15) is 4.57 Å². The maximum atomic E-state index is 12.8. The summed E-state index contributed by atoms with van der Waals surface area (Å²) >= 11 is 0. The van der Waals surface area contributed by atoms with Gasteiger partial charge in [0.2, 0.25) is 0 Å². The van der Waals surface area contributed by atoms with Crippen molar-refractivity contribution in [1.82, 2.24) is 5.32 Å². The highest BCUT2D eigenvalue weighted by atomic mass is 31.2. The lowest BCUT2D eigenvalue weighted by Gasteiger charge is -2.24. The van der Waals surface area contributed by atoms with Crippen LogP contribution in [0.5, 0.6) is 11.5 Å². The first-order valence-electron chi connectivity index (χ1n) is 10.2. The molecule has 1 N–H and O–H groups in total. The van der Waals surface area contributed by atoms with E-state index in [0.29, 0.717) is 25.1 Å². The highest BCUT2D eigenvalue weighted by Gasteiger charge is 2.26. The van der Waals surface area contributed by atoms with Gasteiger partial charge in [0.15, 0.2) is 11.5 Å². The second kappa shape index (κ2) is 10.8. The molecule has 0 aliphatic carbocycles. The smallest absolute Gasteiger partial charge is 0.361 e. The molecule has 0 bridgehead atoms. The lowest BCUT2D eigenvalue weighted by molar-refractivity contribution is 0.153. The molecule has 0 atom stereocenters. The van der Waals surface area contributed by atoms with Crippen LogP contribution in [0.25, 0.3) is 0 Å². The Hall–Kier alpha value is -1.85. The van der Waals surface area contributed by atoms with E-state index in [-0.39, 0.29) is 6.10 Å². The van der Waals surface area contributed by atoms with Crippen molar-refractivity contribution in [2.45, 2.75) is 39.4 Å². The molecule has 7 heteroatoms. The van der Waals surface area contributed by atoms with Crippen LogP contribution in [0, 0.1) is 0 Å². The Morgan fingerprint density at radius 2 is 1.55 bits per heavy atom. The summed E-state index contributed by atoms with van der Waals surface area (Å²) in [5.41, 5.74) is 0.963. The van der Waals surface area contributed by atoms with E-state index in [2.05, 4.69) is 5.32 Å². The average Bonchev–Trinajstić information content (AvgIpc) is 2.75. The van der Waals surface area contributed by atoms with Gasteiger partial charge in [-0.3, -0.25) is 4.57 Å². The van der Waals surface area contributed by atoms with Crippen LogP contribution in [0.15, 0.2) is 48.5 Å². The second-order valence-electron chi connectivity index (χ2n) is 6.80. The molecular formula is C22H30NO5P. The van der Waals surface area contributed by atoms with E-state index in [0.717, 1.165) is 43.0 Å². The number of benzene rings is 2. The van der Waals surface area contributed by atoms with Crippen molar-refractivity contribution < 1.29 is 23.1 Å². The van der Waals surface area contributed by atoms with Gasteiger partial charge < -0.3 is 23.8 Å².